The molecule has 7 nitrogen and oxygen atoms in total. The Labute approximate surface area is 203 Å². The lowest BCUT2D eigenvalue weighted by Gasteiger charge is -2.22. The highest BCUT2D eigenvalue weighted by atomic mass is 16.2. The van der Waals surface area contributed by atoms with Crippen LogP contribution in [0.1, 0.15) is 37.4 Å². The number of carbonyl (C=O) groups excluding carboxylic acids is 2. The molecule has 1 atom stereocenters. The fourth-order valence-corrected chi connectivity index (χ4v) is 4.22. The molecular weight excluding hydrogens is 440 g/mol. The maximum Gasteiger partial charge on any atom is 0.278 e. The van der Waals surface area contributed by atoms with Gasteiger partial charge in [0.2, 0.25) is 11.8 Å². The summed E-state index contributed by atoms with van der Waals surface area (Å²) in [5.74, 6) is -0.529. The summed E-state index contributed by atoms with van der Waals surface area (Å²) in [6.45, 7) is 7.23. The second-order valence-electron chi connectivity index (χ2n) is 8.51. The average Bonchev–Trinajstić information content (AvgIpc) is 2.83. The van der Waals surface area contributed by atoms with Crippen molar-refractivity contribution in [2.24, 2.45) is 0 Å². The Morgan fingerprint density at radius 2 is 1.60 bits per heavy atom. The highest BCUT2D eigenvalue weighted by molar-refractivity contribution is 5.96. The Hall–Kier alpha value is -4.26. The van der Waals surface area contributed by atoms with Gasteiger partial charge < -0.3 is 10.6 Å². The number of para-hydroxylation sites is 3. The van der Waals surface area contributed by atoms with Gasteiger partial charge in [0.1, 0.15) is 11.7 Å². The number of carbonyl (C=O) groups is 2. The second kappa shape index (κ2) is 9.93. The molecule has 3 aromatic carbocycles. The van der Waals surface area contributed by atoms with Crippen molar-refractivity contribution in [1.82, 2.24) is 9.55 Å². The second-order valence-corrected chi connectivity index (χ2v) is 8.51. The van der Waals surface area contributed by atoms with Crippen molar-refractivity contribution in [1.29, 1.82) is 0 Å². The van der Waals surface area contributed by atoms with Crippen molar-refractivity contribution in [2.75, 3.05) is 10.6 Å². The van der Waals surface area contributed by atoms with Gasteiger partial charge in [-0.15, -0.1) is 0 Å². The molecule has 0 spiro atoms. The third-order valence-electron chi connectivity index (χ3n) is 6.15. The molecular formula is C28H28N4O3. The monoisotopic (exact) mass is 468 g/mol. The summed E-state index contributed by atoms with van der Waals surface area (Å²) in [6, 6.07) is 19.3. The number of hydrogen-bond acceptors (Lipinski definition) is 4. The maximum absolute atomic E-state index is 13.9. The topological polar surface area (TPSA) is 93.1 Å². The van der Waals surface area contributed by atoms with Crippen LogP contribution in [0.3, 0.4) is 0 Å². The van der Waals surface area contributed by atoms with Gasteiger partial charge in [-0.05, 0) is 55.7 Å². The minimum atomic E-state index is -0.762. The van der Waals surface area contributed by atoms with Gasteiger partial charge in [0, 0.05) is 18.2 Å². The smallest absolute Gasteiger partial charge is 0.278 e. The first kappa shape index (κ1) is 23.9. The van der Waals surface area contributed by atoms with E-state index in [-0.39, 0.29) is 17.5 Å². The van der Waals surface area contributed by atoms with Crippen LogP contribution < -0.4 is 16.2 Å². The van der Waals surface area contributed by atoms with Crippen LogP contribution >= 0.6 is 0 Å². The van der Waals surface area contributed by atoms with E-state index < -0.39 is 11.6 Å². The predicted molar refractivity (Wildman–Crippen MR) is 140 cm³/mol. The molecule has 2 N–H and O–H groups in total. The molecule has 1 heterocycles. The Morgan fingerprint density at radius 1 is 0.914 bits per heavy atom. The highest BCUT2D eigenvalue weighted by Gasteiger charge is 2.25. The van der Waals surface area contributed by atoms with Crippen LogP contribution in [0.4, 0.5) is 11.4 Å². The number of anilines is 2. The number of hydrogen-bond donors (Lipinski definition) is 2. The van der Waals surface area contributed by atoms with Crippen LogP contribution in [0.25, 0.3) is 22.3 Å². The number of nitrogens with zero attached hydrogens (tertiary/aromatic N) is 2. The molecule has 2 amide bonds. The van der Waals surface area contributed by atoms with E-state index in [0.717, 1.165) is 16.8 Å². The van der Waals surface area contributed by atoms with Gasteiger partial charge in [0.05, 0.1) is 16.7 Å². The molecule has 0 radical (unpaired) electrons. The van der Waals surface area contributed by atoms with E-state index in [1.807, 2.05) is 57.2 Å². The first-order valence-electron chi connectivity index (χ1n) is 11.6. The molecule has 0 saturated carbocycles. The SMILES string of the molecule is CC[C@@H](C(=O)Nc1cccc(C)c1C)n1c(=O)c(-c2ccccc2NC(C)=O)nc2ccccc21. The molecule has 0 bridgehead atoms. The van der Waals surface area contributed by atoms with Gasteiger partial charge in [-0.1, -0.05) is 49.4 Å². The lowest BCUT2D eigenvalue weighted by molar-refractivity contribution is -0.119. The molecule has 35 heavy (non-hydrogen) atoms. The molecule has 0 aliphatic rings. The van der Waals surface area contributed by atoms with Gasteiger partial charge in [-0.3, -0.25) is 19.0 Å². The highest BCUT2D eigenvalue weighted by Crippen LogP contribution is 2.28. The van der Waals surface area contributed by atoms with E-state index in [1.165, 1.54) is 11.5 Å². The Bertz CT molecular complexity index is 1490. The summed E-state index contributed by atoms with van der Waals surface area (Å²) >= 11 is 0. The maximum atomic E-state index is 13.9. The summed E-state index contributed by atoms with van der Waals surface area (Å²) in [6.07, 6.45) is 0.400. The van der Waals surface area contributed by atoms with Crippen LogP contribution in [0.2, 0.25) is 0 Å². The fraction of sp³-hybridized carbons (Fsp3) is 0.214. The van der Waals surface area contributed by atoms with Crippen molar-refractivity contribution in [3.8, 4) is 11.3 Å². The van der Waals surface area contributed by atoms with Crippen molar-refractivity contribution < 1.29 is 9.59 Å². The minimum Gasteiger partial charge on any atom is -0.326 e. The van der Waals surface area contributed by atoms with E-state index >= 15 is 0 Å². The summed E-state index contributed by atoms with van der Waals surface area (Å²) in [5.41, 5.74) is 4.67. The largest absolute Gasteiger partial charge is 0.326 e. The zero-order valence-corrected chi connectivity index (χ0v) is 20.3. The normalized spacial score (nSPS) is 11.8. The molecule has 4 aromatic rings. The minimum absolute atomic E-state index is 0.172. The van der Waals surface area contributed by atoms with Crippen molar-refractivity contribution >= 4 is 34.2 Å². The molecule has 0 aliphatic heterocycles. The lowest BCUT2D eigenvalue weighted by Crippen LogP contribution is -2.35. The van der Waals surface area contributed by atoms with Crippen LogP contribution in [0.5, 0.6) is 0 Å². The molecule has 0 aliphatic carbocycles. The first-order chi connectivity index (χ1) is 16.8. The zero-order chi connectivity index (χ0) is 25.1. The van der Waals surface area contributed by atoms with Crippen LogP contribution in [-0.2, 0) is 9.59 Å². The standard InChI is InChI=1S/C28H28N4O3/c1-5-24(27(34)31-21-15-10-11-17(2)18(21)3)32-25-16-9-8-14-23(25)30-26(28(32)35)20-12-6-7-13-22(20)29-19(4)33/h6-16,24H,5H2,1-4H3,(H,29,33)(H,31,34)/t24-/m0/s1. The predicted octanol–water partition coefficient (Wildman–Crippen LogP) is 5.23. The molecule has 0 saturated heterocycles. The summed E-state index contributed by atoms with van der Waals surface area (Å²) < 4.78 is 1.52. The third kappa shape index (κ3) is 4.71. The number of rotatable bonds is 6. The van der Waals surface area contributed by atoms with Gasteiger partial charge in [-0.25, -0.2) is 4.98 Å². The fourth-order valence-electron chi connectivity index (χ4n) is 4.22. The van der Waals surface area contributed by atoms with Crippen molar-refractivity contribution in [3.63, 3.8) is 0 Å². The van der Waals surface area contributed by atoms with Gasteiger partial charge >= 0.3 is 0 Å². The number of aryl methyl sites for hydroxylation is 1. The number of benzene rings is 3. The summed E-state index contributed by atoms with van der Waals surface area (Å²) in [7, 11) is 0. The molecule has 178 valence electrons. The molecule has 1 aromatic heterocycles. The average molecular weight is 469 g/mol. The van der Waals surface area contributed by atoms with E-state index in [0.29, 0.717) is 28.7 Å². The number of fused-ring (bicyclic) bond motifs is 1. The van der Waals surface area contributed by atoms with Crippen molar-refractivity contribution in [3.05, 3.63) is 88.2 Å². The third-order valence-corrected chi connectivity index (χ3v) is 6.15. The van der Waals surface area contributed by atoms with E-state index in [2.05, 4.69) is 15.6 Å². The van der Waals surface area contributed by atoms with E-state index in [9.17, 15) is 14.4 Å². The Morgan fingerprint density at radius 3 is 2.34 bits per heavy atom. The molecule has 7 heteroatoms. The molecule has 0 fully saturated rings. The summed E-state index contributed by atoms with van der Waals surface area (Å²) in [5, 5.41) is 5.78. The Balaban J connectivity index is 1.89. The van der Waals surface area contributed by atoms with E-state index in [4.69, 9.17) is 0 Å². The van der Waals surface area contributed by atoms with Crippen LogP contribution in [0, 0.1) is 13.8 Å². The first-order valence-corrected chi connectivity index (χ1v) is 11.6. The number of nitrogens with one attached hydrogen (secondary N) is 2. The van der Waals surface area contributed by atoms with Crippen LogP contribution in [-0.4, -0.2) is 21.4 Å². The lowest BCUT2D eigenvalue weighted by atomic mass is 10.1. The van der Waals surface area contributed by atoms with Gasteiger partial charge in [-0.2, -0.15) is 0 Å². The number of amides is 2. The van der Waals surface area contributed by atoms with E-state index in [1.54, 1.807) is 30.3 Å². The summed E-state index contributed by atoms with van der Waals surface area (Å²) in [4.78, 5) is 43.8. The molecule has 4 rings (SSSR count). The molecule has 0 unspecified atom stereocenters. The zero-order valence-electron chi connectivity index (χ0n) is 20.3. The van der Waals surface area contributed by atoms with Crippen LogP contribution in [0.15, 0.2) is 71.5 Å². The quantitative estimate of drug-likeness (QED) is 0.405. The van der Waals surface area contributed by atoms with Gasteiger partial charge in [0.15, 0.2) is 0 Å². The van der Waals surface area contributed by atoms with Gasteiger partial charge in [0.25, 0.3) is 5.56 Å². The number of aromatic nitrogens is 2. The Kier molecular flexibility index (Phi) is 6.78. The van der Waals surface area contributed by atoms with Crippen molar-refractivity contribution in [2.45, 2.75) is 40.2 Å².